The third kappa shape index (κ3) is 2.83. The molecule has 1 amide bonds. The van der Waals surface area contributed by atoms with Crippen LogP contribution in [0.25, 0.3) is 11.5 Å². The van der Waals surface area contributed by atoms with Gasteiger partial charge in [-0.15, -0.1) is 0 Å². The number of morpholine rings is 1. The van der Waals surface area contributed by atoms with E-state index in [9.17, 15) is 4.79 Å². The number of aromatic amines is 1. The first-order chi connectivity index (χ1) is 11.8. The minimum Gasteiger partial charge on any atom is -0.463 e. The van der Waals surface area contributed by atoms with Gasteiger partial charge in [-0.3, -0.25) is 9.89 Å². The van der Waals surface area contributed by atoms with Crippen molar-refractivity contribution in [1.82, 2.24) is 15.1 Å². The fraction of sp³-hybridized carbons (Fsp3) is 0.222. The van der Waals surface area contributed by atoms with Gasteiger partial charge in [0, 0.05) is 12.6 Å². The number of rotatable bonds is 3. The number of nitrogens with one attached hydrogen (secondary N) is 1. The number of benzene rings is 1. The van der Waals surface area contributed by atoms with Crippen LogP contribution < -0.4 is 0 Å². The van der Waals surface area contributed by atoms with Gasteiger partial charge in [-0.05, 0) is 17.7 Å². The molecule has 2 aromatic heterocycles. The van der Waals surface area contributed by atoms with Crippen LogP contribution in [0.1, 0.15) is 22.2 Å². The van der Waals surface area contributed by atoms with Crippen LogP contribution in [0.3, 0.4) is 0 Å². The largest absolute Gasteiger partial charge is 0.463 e. The minimum absolute atomic E-state index is 0.103. The maximum atomic E-state index is 12.7. The van der Waals surface area contributed by atoms with Gasteiger partial charge in [0.05, 0.1) is 19.4 Å². The first-order valence-corrected chi connectivity index (χ1v) is 7.86. The van der Waals surface area contributed by atoms with Gasteiger partial charge in [-0.1, -0.05) is 30.3 Å². The third-order valence-corrected chi connectivity index (χ3v) is 4.11. The second-order valence-corrected chi connectivity index (χ2v) is 5.67. The summed E-state index contributed by atoms with van der Waals surface area (Å²) < 4.78 is 11.1. The summed E-state index contributed by atoms with van der Waals surface area (Å²) in [6.45, 7) is 1.59. The highest BCUT2D eigenvalue weighted by molar-refractivity contribution is 5.93. The van der Waals surface area contributed by atoms with E-state index in [1.54, 1.807) is 23.3 Å². The molecule has 1 N–H and O–H groups in total. The van der Waals surface area contributed by atoms with Gasteiger partial charge in [0.2, 0.25) is 0 Å². The molecule has 0 spiro atoms. The molecule has 1 aliphatic heterocycles. The molecule has 3 heterocycles. The van der Waals surface area contributed by atoms with Crippen LogP contribution in [0, 0.1) is 0 Å². The van der Waals surface area contributed by atoms with Crippen molar-refractivity contribution in [3.8, 4) is 11.5 Å². The fourth-order valence-electron chi connectivity index (χ4n) is 2.85. The molecule has 6 nitrogen and oxygen atoms in total. The molecule has 0 radical (unpaired) electrons. The molecule has 0 saturated carbocycles. The van der Waals surface area contributed by atoms with Crippen LogP contribution in [0.4, 0.5) is 0 Å². The van der Waals surface area contributed by atoms with Gasteiger partial charge >= 0.3 is 0 Å². The van der Waals surface area contributed by atoms with Crippen molar-refractivity contribution in [2.24, 2.45) is 0 Å². The normalized spacial score (nSPS) is 17.8. The highest BCUT2D eigenvalue weighted by Crippen LogP contribution is 2.24. The third-order valence-electron chi connectivity index (χ3n) is 4.11. The highest BCUT2D eigenvalue weighted by atomic mass is 16.5. The van der Waals surface area contributed by atoms with Crippen molar-refractivity contribution in [3.63, 3.8) is 0 Å². The summed E-state index contributed by atoms with van der Waals surface area (Å²) in [5.74, 6) is 0.555. The second kappa shape index (κ2) is 6.33. The van der Waals surface area contributed by atoms with E-state index in [1.165, 1.54) is 0 Å². The number of carbonyl (C=O) groups is 1. The van der Waals surface area contributed by atoms with Gasteiger partial charge in [0.15, 0.2) is 11.5 Å². The average Bonchev–Trinajstić information content (AvgIpc) is 3.33. The smallest absolute Gasteiger partial charge is 0.274 e. The molecule has 0 bridgehead atoms. The summed E-state index contributed by atoms with van der Waals surface area (Å²) in [5, 5.41) is 6.98. The monoisotopic (exact) mass is 323 g/mol. The van der Waals surface area contributed by atoms with E-state index >= 15 is 0 Å². The van der Waals surface area contributed by atoms with Gasteiger partial charge in [-0.25, -0.2) is 0 Å². The molecular weight excluding hydrogens is 306 g/mol. The zero-order chi connectivity index (χ0) is 16.4. The van der Waals surface area contributed by atoms with Crippen LogP contribution in [-0.4, -0.2) is 40.7 Å². The number of ether oxygens (including phenoxy) is 1. The number of aromatic nitrogens is 2. The topological polar surface area (TPSA) is 71.4 Å². The Balaban J connectivity index is 1.50. The van der Waals surface area contributed by atoms with E-state index in [0.29, 0.717) is 36.8 Å². The van der Waals surface area contributed by atoms with Crippen LogP contribution >= 0.6 is 0 Å². The van der Waals surface area contributed by atoms with Crippen LogP contribution in [0.5, 0.6) is 0 Å². The fourth-order valence-corrected chi connectivity index (χ4v) is 2.85. The van der Waals surface area contributed by atoms with Gasteiger partial charge in [-0.2, -0.15) is 5.10 Å². The molecule has 3 aromatic rings. The number of H-pyrrole nitrogens is 1. The van der Waals surface area contributed by atoms with E-state index in [4.69, 9.17) is 9.15 Å². The Morgan fingerprint density at radius 1 is 1.21 bits per heavy atom. The lowest BCUT2D eigenvalue weighted by atomic mass is 10.1. The Labute approximate surface area is 139 Å². The minimum atomic E-state index is -0.104. The maximum absolute atomic E-state index is 12.7. The summed E-state index contributed by atoms with van der Waals surface area (Å²) in [4.78, 5) is 14.5. The van der Waals surface area contributed by atoms with Crippen molar-refractivity contribution >= 4 is 5.91 Å². The van der Waals surface area contributed by atoms with E-state index < -0.39 is 0 Å². The molecule has 1 aliphatic rings. The Hall–Kier alpha value is -2.86. The lowest BCUT2D eigenvalue weighted by Crippen LogP contribution is -2.42. The van der Waals surface area contributed by atoms with E-state index in [0.717, 1.165) is 5.56 Å². The van der Waals surface area contributed by atoms with E-state index in [2.05, 4.69) is 10.2 Å². The number of furan rings is 1. The summed E-state index contributed by atoms with van der Waals surface area (Å²) in [5.41, 5.74) is 2.15. The maximum Gasteiger partial charge on any atom is 0.274 e. The zero-order valence-corrected chi connectivity index (χ0v) is 13.0. The second-order valence-electron chi connectivity index (χ2n) is 5.67. The molecule has 1 aromatic carbocycles. The van der Waals surface area contributed by atoms with Crippen molar-refractivity contribution in [2.45, 2.75) is 6.10 Å². The van der Waals surface area contributed by atoms with E-state index in [1.807, 2.05) is 36.4 Å². The number of amides is 1. The van der Waals surface area contributed by atoms with Crippen LogP contribution in [0.15, 0.2) is 59.2 Å². The average molecular weight is 323 g/mol. The first kappa shape index (κ1) is 14.7. The summed E-state index contributed by atoms with van der Waals surface area (Å²) in [7, 11) is 0. The van der Waals surface area contributed by atoms with Crippen LogP contribution in [0.2, 0.25) is 0 Å². The summed E-state index contributed by atoms with van der Waals surface area (Å²) in [6.07, 6.45) is 1.48. The van der Waals surface area contributed by atoms with Gasteiger partial charge < -0.3 is 14.1 Å². The molecule has 1 unspecified atom stereocenters. The number of carbonyl (C=O) groups excluding carboxylic acids is 1. The molecule has 24 heavy (non-hydrogen) atoms. The van der Waals surface area contributed by atoms with Crippen molar-refractivity contribution in [3.05, 3.63) is 66.1 Å². The Morgan fingerprint density at radius 2 is 2.08 bits per heavy atom. The summed E-state index contributed by atoms with van der Waals surface area (Å²) in [6, 6.07) is 15.3. The van der Waals surface area contributed by atoms with Crippen LogP contribution in [-0.2, 0) is 4.74 Å². The number of nitrogens with zero attached hydrogens (tertiary/aromatic N) is 2. The summed E-state index contributed by atoms with van der Waals surface area (Å²) >= 11 is 0. The van der Waals surface area contributed by atoms with E-state index in [-0.39, 0.29) is 12.0 Å². The van der Waals surface area contributed by atoms with Crippen molar-refractivity contribution < 1.29 is 13.9 Å². The predicted molar refractivity (Wildman–Crippen MR) is 87.3 cm³/mol. The number of hydrogen-bond acceptors (Lipinski definition) is 4. The molecule has 6 heteroatoms. The van der Waals surface area contributed by atoms with Gasteiger partial charge in [0.1, 0.15) is 11.8 Å². The quantitative estimate of drug-likeness (QED) is 0.804. The Kier molecular flexibility index (Phi) is 3.88. The highest BCUT2D eigenvalue weighted by Gasteiger charge is 2.27. The Morgan fingerprint density at radius 3 is 2.88 bits per heavy atom. The molecule has 122 valence electrons. The lowest BCUT2D eigenvalue weighted by Gasteiger charge is -2.32. The van der Waals surface area contributed by atoms with Gasteiger partial charge in [0.25, 0.3) is 5.91 Å². The molecule has 1 saturated heterocycles. The molecule has 0 aliphatic carbocycles. The SMILES string of the molecule is O=C(c1cc(-c2ccco2)[nH]n1)N1CCOC(c2ccccc2)C1. The molecular formula is C18H17N3O3. The molecule has 4 rings (SSSR count). The Bertz CT molecular complexity index is 811. The van der Waals surface area contributed by atoms with Crippen molar-refractivity contribution in [2.75, 3.05) is 19.7 Å². The lowest BCUT2D eigenvalue weighted by molar-refractivity contribution is -0.0230. The molecule has 1 fully saturated rings. The zero-order valence-electron chi connectivity index (χ0n) is 13.0. The predicted octanol–water partition coefficient (Wildman–Crippen LogP) is 2.88. The number of hydrogen-bond donors (Lipinski definition) is 1. The molecule has 1 atom stereocenters. The van der Waals surface area contributed by atoms with Crippen molar-refractivity contribution in [1.29, 1.82) is 0 Å². The standard InChI is InChI=1S/C18H17N3O3/c22-18(15-11-14(19-20-15)16-7-4-9-23-16)21-8-10-24-17(12-21)13-5-2-1-3-6-13/h1-7,9,11,17H,8,10,12H2,(H,19,20). The first-order valence-electron chi connectivity index (χ1n) is 7.86.